The van der Waals surface area contributed by atoms with E-state index in [9.17, 15) is 13.2 Å². The van der Waals surface area contributed by atoms with E-state index < -0.39 is 21.9 Å². The fraction of sp³-hybridized carbons (Fsp3) is 0.273. The molecule has 3 aromatic rings. The molecule has 1 unspecified atom stereocenters. The number of carbonyl (C=O) groups excluding carboxylic acids is 1. The highest BCUT2D eigenvalue weighted by Gasteiger charge is 2.37. The van der Waals surface area contributed by atoms with Crippen molar-refractivity contribution in [1.29, 1.82) is 0 Å². The maximum absolute atomic E-state index is 13.6. The average molecular weight is 443 g/mol. The summed E-state index contributed by atoms with van der Waals surface area (Å²) < 4.78 is 33.6. The molecule has 1 aromatic heterocycles. The number of hydrogen-bond acceptors (Lipinski definition) is 6. The van der Waals surface area contributed by atoms with Gasteiger partial charge >= 0.3 is 5.97 Å². The van der Waals surface area contributed by atoms with E-state index in [1.807, 2.05) is 42.6 Å². The van der Waals surface area contributed by atoms with Gasteiger partial charge in [-0.15, -0.1) is 11.3 Å². The molecule has 4 rings (SSSR count). The highest BCUT2D eigenvalue weighted by molar-refractivity contribution is 7.89. The summed E-state index contributed by atoms with van der Waals surface area (Å²) in [5.74, 6) is -1.09. The van der Waals surface area contributed by atoms with E-state index in [2.05, 4.69) is 4.98 Å². The Kier molecular flexibility index (Phi) is 5.48. The molecular weight excluding hydrogens is 420 g/mol. The third kappa shape index (κ3) is 3.66. The van der Waals surface area contributed by atoms with E-state index in [1.54, 1.807) is 19.1 Å². The van der Waals surface area contributed by atoms with Gasteiger partial charge in [-0.3, -0.25) is 4.79 Å². The molecule has 1 atom stereocenters. The van der Waals surface area contributed by atoms with Crippen LogP contribution in [0.5, 0.6) is 0 Å². The SMILES string of the molecule is COC(=O)C1CN(S(=O)(=O)c2cc(-c3csc(C)n3)ccc2C)Cc2ccccc21. The number of aryl methyl sites for hydroxylation is 2. The zero-order chi connectivity index (χ0) is 21.5. The first-order valence-corrected chi connectivity index (χ1v) is 11.8. The molecule has 8 heteroatoms. The lowest BCUT2D eigenvalue weighted by molar-refractivity contribution is -0.142. The van der Waals surface area contributed by atoms with Crippen LogP contribution in [0.3, 0.4) is 0 Å². The first-order chi connectivity index (χ1) is 14.3. The quantitative estimate of drug-likeness (QED) is 0.573. The van der Waals surface area contributed by atoms with E-state index in [0.717, 1.165) is 27.4 Å². The molecule has 156 valence electrons. The summed E-state index contributed by atoms with van der Waals surface area (Å²) in [7, 11) is -2.51. The molecule has 0 radical (unpaired) electrons. The van der Waals surface area contributed by atoms with Crippen molar-refractivity contribution in [3.63, 3.8) is 0 Å². The predicted molar refractivity (Wildman–Crippen MR) is 116 cm³/mol. The van der Waals surface area contributed by atoms with Crippen molar-refractivity contribution in [2.75, 3.05) is 13.7 Å². The van der Waals surface area contributed by atoms with Crippen molar-refractivity contribution in [2.24, 2.45) is 0 Å². The van der Waals surface area contributed by atoms with Crippen LogP contribution in [0.15, 0.2) is 52.7 Å². The Labute approximate surface area is 180 Å². The number of hydrogen-bond donors (Lipinski definition) is 0. The van der Waals surface area contributed by atoms with Gasteiger partial charge in [0.15, 0.2) is 0 Å². The molecule has 0 bridgehead atoms. The highest BCUT2D eigenvalue weighted by Crippen LogP contribution is 2.34. The molecule has 30 heavy (non-hydrogen) atoms. The van der Waals surface area contributed by atoms with Crippen LogP contribution in [0.2, 0.25) is 0 Å². The minimum atomic E-state index is -3.83. The average Bonchev–Trinajstić information content (AvgIpc) is 3.18. The van der Waals surface area contributed by atoms with Crippen molar-refractivity contribution in [3.05, 3.63) is 69.5 Å². The van der Waals surface area contributed by atoms with Gasteiger partial charge in [-0.2, -0.15) is 4.31 Å². The minimum absolute atomic E-state index is 0.0471. The number of methoxy groups -OCH3 is 1. The number of sulfonamides is 1. The van der Waals surface area contributed by atoms with E-state index >= 15 is 0 Å². The van der Waals surface area contributed by atoms with Crippen LogP contribution in [-0.2, 0) is 26.1 Å². The number of nitrogens with zero attached hydrogens (tertiary/aromatic N) is 2. The second-order valence-electron chi connectivity index (χ2n) is 7.30. The van der Waals surface area contributed by atoms with Crippen LogP contribution in [-0.4, -0.2) is 37.3 Å². The summed E-state index contributed by atoms with van der Waals surface area (Å²) in [6, 6.07) is 12.8. The van der Waals surface area contributed by atoms with Crippen LogP contribution >= 0.6 is 11.3 Å². The van der Waals surface area contributed by atoms with Gasteiger partial charge in [-0.25, -0.2) is 13.4 Å². The molecular formula is C22H22N2O4S2. The van der Waals surface area contributed by atoms with E-state index in [0.29, 0.717) is 5.56 Å². The first-order valence-electron chi connectivity index (χ1n) is 9.50. The van der Waals surface area contributed by atoms with Crippen LogP contribution in [0.1, 0.15) is 27.6 Å². The number of carbonyl (C=O) groups is 1. The fourth-order valence-corrected chi connectivity index (χ4v) is 6.08. The summed E-state index contributed by atoms with van der Waals surface area (Å²) in [6.07, 6.45) is 0. The van der Waals surface area contributed by atoms with Gasteiger partial charge in [0.25, 0.3) is 0 Å². The molecule has 2 heterocycles. The topological polar surface area (TPSA) is 76.6 Å². The lowest BCUT2D eigenvalue weighted by Gasteiger charge is -2.33. The molecule has 1 aliphatic rings. The van der Waals surface area contributed by atoms with Crippen molar-refractivity contribution in [3.8, 4) is 11.3 Å². The zero-order valence-corrected chi connectivity index (χ0v) is 18.6. The number of ether oxygens (including phenoxy) is 1. The lowest BCUT2D eigenvalue weighted by Crippen LogP contribution is -2.41. The monoisotopic (exact) mass is 442 g/mol. The Balaban J connectivity index is 1.76. The molecule has 1 aliphatic heterocycles. The van der Waals surface area contributed by atoms with Crippen LogP contribution in [0.4, 0.5) is 0 Å². The Hall–Kier alpha value is -2.55. The third-order valence-corrected chi connectivity index (χ3v) is 8.10. The number of thiazole rings is 1. The Morgan fingerprint density at radius 2 is 1.97 bits per heavy atom. The van der Waals surface area contributed by atoms with Gasteiger partial charge in [0.05, 0.1) is 28.6 Å². The van der Waals surface area contributed by atoms with E-state index in [1.165, 1.54) is 22.8 Å². The molecule has 0 N–H and O–H groups in total. The van der Waals surface area contributed by atoms with Gasteiger partial charge in [-0.1, -0.05) is 36.4 Å². The Morgan fingerprint density at radius 3 is 2.67 bits per heavy atom. The van der Waals surface area contributed by atoms with E-state index in [4.69, 9.17) is 4.74 Å². The first kappa shape index (κ1) is 20.7. The minimum Gasteiger partial charge on any atom is -0.469 e. The normalized spacial score (nSPS) is 16.8. The summed E-state index contributed by atoms with van der Waals surface area (Å²) in [4.78, 5) is 17.1. The molecule has 0 saturated heterocycles. The highest BCUT2D eigenvalue weighted by atomic mass is 32.2. The molecule has 2 aromatic carbocycles. The van der Waals surface area contributed by atoms with E-state index in [-0.39, 0.29) is 18.0 Å². The van der Waals surface area contributed by atoms with Gasteiger partial charge in [0.1, 0.15) is 0 Å². The number of esters is 1. The van der Waals surface area contributed by atoms with Crippen LogP contribution in [0.25, 0.3) is 11.3 Å². The molecule has 0 spiro atoms. The second kappa shape index (κ2) is 7.94. The largest absolute Gasteiger partial charge is 0.469 e. The zero-order valence-electron chi connectivity index (χ0n) is 17.0. The number of fused-ring (bicyclic) bond motifs is 1. The van der Waals surface area contributed by atoms with Gasteiger partial charge in [0.2, 0.25) is 10.0 Å². The van der Waals surface area contributed by atoms with Crippen molar-refractivity contribution in [1.82, 2.24) is 9.29 Å². The van der Waals surface area contributed by atoms with Crippen LogP contribution in [0, 0.1) is 13.8 Å². The fourth-order valence-electron chi connectivity index (χ4n) is 3.77. The van der Waals surface area contributed by atoms with Crippen LogP contribution < -0.4 is 0 Å². The predicted octanol–water partition coefficient (Wildman–Crippen LogP) is 3.89. The number of rotatable bonds is 4. The smallest absolute Gasteiger partial charge is 0.314 e. The summed E-state index contributed by atoms with van der Waals surface area (Å²) in [5.41, 5.74) is 3.79. The maximum Gasteiger partial charge on any atom is 0.314 e. The number of aromatic nitrogens is 1. The lowest BCUT2D eigenvalue weighted by atomic mass is 9.91. The number of benzene rings is 2. The van der Waals surface area contributed by atoms with Gasteiger partial charge in [0, 0.05) is 24.0 Å². The van der Waals surface area contributed by atoms with Crippen molar-refractivity contribution < 1.29 is 17.9 Å². The summed E-state index contributed by atoms with van der Waals surface area (Å²) in [5, 5.41) is 2.84. The van der Waals surface area contributed by atoms with Gasteiger partial charge in [-0.05, 0) is 36.6 Å². The summed E-state index contributed by atoms with van der Waals surface area (Å²) in [6.45, 7) is 3.95. The second-order valence-corrected chi connectivity index (χ2v) is 10.3. The molecule has 0 amide bonds. The standard InChI is InChI=1S/C22H22N2O4S2/c1-14-8-9-16(20-13-29-15(2)23-20)10-21(14)30(26,27)24-11-17-6-4-5-7-18(17)19(12-24)22(25)28-3/h4-10,13,19H,11-12H2,1-3H3. The molecule has 6 nitrogen and oxygen atoms in total. The van der Waals surface area contributed by atoms with Crippen molar-refractivity contribution in [2.45, 2.75) is 31.2 Å². The van der Waals surface area contributed by atoms with Crippen molar-refractivity contribution >= 4 is 27.3 Å². The summed E-state index contributed by atoms with van der Waals surface area (Å²) >= 11 is 1.52. The molecule has 0 aliphatic carbocycles. The Bertz CT molecular complexity index is 1220. The third-order valence-electron chi connectivity index (χ3n) is 5.37. The Morgan fingerprint density at radius 1 is 1.20 bits per heavy atom. The molecule has 0 saturated carbocycles. The molecule has 0 fully saturated rings. The van der Waals surface area contributed by atoms with Gasteiger partial charge < -0.3 is 4.74 Å². The maximum atomic E-state index is 13.6.